The largest absolute Gasteiger partial charge is 0.365 e. The minimum atomic E-state index is -0.0159. The second-order valence-electron chi connectivity index (χ2n) is 8.36. The van der Waals surface area contributed by atoms with Crippen molar-refractivity contribution in [2.75, 3.05) is 42.9 Å². The van der Waals surface area contributed by atoms with E-state index < -0.39 is 0 Å². The van der Waals surface area contributed by atoms with Crippen LogP contribution in [0.4, 0.5) is 11.8 Å². The lowest BCUT2D eigenvalue weighted by Gasteiger charge is -2.35. The number of hydrogen-bond acceptors (Lipinski definition) is 6. The van der Waals surface area contributed by atoms with Gasteiger partial charge in [-0.05, 0) is 23.8 Å². The summed E-state index contributed by atoms with van der Waals surface area (Å²) in [6.45, 7) is 7.44. The van der Waals surface area contributed by atoms with Crippen LogP contribution in [0.15, 0.2) is 73.6 Å². The Bertz CT molecular complexity index is 1350. The fraction of sp³-hybridized carbons (Fsp3) is 0.231. The predicted octanol–water partition coefficient (Wildman–Crippen LogP) is 4.09. The van der Waals surface area contributed by atoms with Crippen LogP contribution >= 0.6 is 11.6 Å². The molecule has 0 atom stereocenters. The molecule has 0 saturated carbocycles. The molecular formula is C26H26ClN7O. The molecule has 1 fully saturated rings. The molecule has 9 heteroatoms. The Kier molecular flexibility index (Phi) is 6.63. The molecule has 3 heterocycles. The Morgan fingerprint density at radius 1 is 1.06 bits per heavy atom. The molecular weight excluding hydrogens is 462 g/mol. The molecule has 5 rings (SSSR count). The van der Waals surface area contributed by atoms with Crippen molar-refractivity contribution in [1.82, 2.24) is 24.4 Å². The highest BCUT2D eigenvalue weighted by Crippen LogP contribution is 2.24. The van der Waals surface area contributed by atoms with Crippen LogP contribution in [0.25, 0.3) is 11.2 Å². The van der Waals surface area contributed by atoms with Gasteiger partial charge in [-0.15, -0.1) is 6.58 Å². The van der Waals surface area contributed by atoms with E-state index >= 15 is 0 Å². The lowest BCUT2D eigenvalue weighted by Crippen LogP contribution is -2.49. The minimum Gasteiger partial charge on any atom is -0.365 e. The topological polar surface area (TPSA) is 79.2 Å². The molecule has 1 aliphatic rings. The molecule has 4 aromatic rings. The number of amides is 1. The molecule has 0 bridgehead atoms. The zero-order valence-electron chi connectivity index (χ0n) is 19.3. The van der Waals surface area contributed by atoms with Crippen molar-refractivity contribution in [2.24, 2.45) is 0 Å². The highest BCUT2D eigenvalue weighted by molar-refractivity contribution is 6.30. The quantitative estimate of drug-likeness (QED) is 0.395. The highest BCUT2D eigenvalue weighted by Gasteiger charge is 2.25. The maximum absolute atomic E-state index is 12.9. The van der Waals surface area contributed by atoms with Gasteiger partial charge in [-0.2, -0.15) is 9.97 Å². The van der Waals surface area contributed by atoms with E-state index in [0.29, 0.717) is 61.6 Å². The zero-order valence-corrected chi connectivity index (χ0v) is 20.0. The monoisotopic (exact) mass is 487 g/mol. The molecule has 1 N–H and O–H groups in total. The van der Waals surface area contributed by atoms with Crippen LogP contribution in [0.1, 0.15) is 15.9 Å². The molecule has 1 aliphatic heterocycles. The maximum atomic E-state index is 12.9. The number of hydrogen-bond donors (Lipinski definition) is 1. The summed E-state index contributed by atoms with van der Waals surface area (Å²) in [7, 11) is 0. The average Bonchev–Trinajstić information content (AvgIpc) is 3.30. The standard InChI is InChI=1S/C26H26ClN7O/c1-2-11-28-23-22-24(34(18-29-22)17-19-7-4-3-5-8-19)31-26(30-23)33-14-12-32(13-15-33)25(35)20-9-6-10-21(27)16-20/h2-10,16,18H,1,11-15,17H2,(H,28,30,31). The normalized spacial score (nSPS) is 13.7. The molecule has 0 aliphatic carbocycles. The molecule has 1 amide bonds. The minimum absolute atomic E-state index is 0.0159. The van der Waals surface area contributed by atoms with Crippen molar-refractivity contribution in [2.45, 2.75) is 6.54 Å². The first-order valence-corrected chi connectivity index (χ1v) is 11.9. The number of nitrogens with zero attached hydrogens (tertiary/aromatic N) is 6. The van der Waals surface area contributed by atoms with E-state index in [9.17, 15) is 4.79 Å². The molecule has 35 heavy (non-hydrogen) atoms. The third-order valence-electron chi connectivity index (χ3n) is 5.98. The van der Waals surface area contributed by atoms with Gasteiger partial charge in [0.25, 0.3) is 5.91 Å². The number of carbonyl (C=O) groups is 1. The summed E-state index contributed by atoms with van der Waals surface area (Å²) in [5.41, 5.74) is 3.26. The Morgan fingerprint density at radius 2 is 1.86 bits per heavy atom. The van der Waals surface area contributed by atoms with E-state index in [-0.39, 0.29) is 5.91 Å². The molecule has 178 valence electrons. The molecule has 2 aromatic heterocycles. The molecule has 1 saturated heterocycles. The van der Waals surface area contributed by atoms with E-state index in [1.807, 2.05) is 27.7 Å². The highest BCUT2D eigenvalue weighted by atomic mass is 35.5. The van der Waals surface area contributed by atoms with Crippen LogP contribution in [0.5, 0.6) is 0 Å². The number of aromatic nitrogens is 4. The summed E-state index contributed by atoms with van der Waals surface area (Å²) in [5.74, 6) is 1.28. The number of fused-ring (bicyclic) bond motifs is 1. The fourth-order valence-electron chi connectivity index (χ4n) is 4.18. The van der Waals surface area contributed by atoms with Crippen molar-refractivity contribution < 1.29 is 4.79 Å². The van der Waals surface area contributed by atoms with Gasteiger partial charge >= 0.3 is 0 Å². The number of anilines is 2. The number of imidazole rings is 1. The van der Waals surface area contributed by atoms with E-state index in [2.05, 4.69) is 33.9 Å². The second-order valence-corrected chi connectivity index (χ2v) is 8.80. The molecule has 2 aromatic carbocycles. The number of rotatable bonds is 7. The summed E-state index contributed by atoms with van der Waals surface area (Å²) in [5, 5.41) is 3.86. The van der Waals surface area contributed by atoms with Gasteiger partial charge in [0.1, 0.15) is 0 Å². The Labute approximate surface area is 208 Å². The van der Waals surface area contributed by atoms with Crippen molar-refractivity contribution in [3.8, 4) is 0 Å². The van der Waals surface area contributed by atoms with Gasteiger partial charge in [-0.1, -0.05) is 54.1 Å². The Balaban J connectivity index is 1.39. The van der Waals surface area contributed by atoms with Gasteiger partial charge in [0, 0.05) is 43.3 Å². The van der Waals surface area contributed by atoms with Gasteiger partial charge in [0.15, 0.2) is 17.0 Å². The Hall–Kier alpha value is -3.91. The van der Waals surface area contributed by atoms with E-state index in [1.165, 1.54) is 5.56 Å². The SMILES string of the molecule is C=CCNc1nc(N2CCN(C(=O)c3cccc(Cl)c3)CC2)nc2c1ncn2Cc1ccccc1. The Morgan fingerprint density at radius 3 is 2.60 bits per heavy atom. The summed E-state index contributed by atoms with van der Waals surface area (Å²) >= 11 is 6.07. The van der Waals surface area contributed by atoms with Gasteiger partial charge in [-0.3, -0.25) is 4.79 Å². The summed E-state index contributed by atoms with van der Waals surface area (Å²) in [6.07, 6.45) is 3.59. The lowest BCUT2D eigenvalue weighted by atomic mass is 10.2. The van der Waals surface area contributed by atoms with Crippen LogP contribution in [-0.2, 0) is 6.54 Å². The second kappa shape index (κ2) is 10.1. The van der Waals surface area contributed by atoms with E-state index in [1.54, 1.807) is 36.7 Å². The molecule has 8 nitrogen and oxygen atoms in total. The molecule has 0 radical (unpaired) electrons. The summed E-state index contributed by atoms with van der Waals surface area (Å²) < 4.78 is 2.04. The maximum Gasteiger partial charge on any atom is 0.254 e. The van der Waals surface area contributed by atoms with Crippen LogP contribution in [0, 0.1) is 0 Å². The molecule has 0 spiro atoms. The van der Waals surface area contributed by atoms with Gasteiger partial charge in [0.05, 0.1) is 12.9 Å². The summed E-state index contributed by atoms with van der Waals surface area (Å²) in [4.78, 5) is 31.1. The average molecular weight is 488 g/mol. The van der Waals surface area contributed by atoms with Crippen molar-refractivity contribution in [3.63, 3.8) is 0 Å². The first kappa shape index (κ1) is 22.9. The number of benzene rings is 2. The van der Waals surface area contributed by atoms with Crippen LogP contribution in [-0.4, -0.2) is 63.0 Å². The fourth-order valence-corrected chi connectivity index (χ4v) is 4.37. The van der Waals surface area contributed by atoms with Crippen LogP contribution < -0.4 is 10.2 Å². The van der Waals surface area contributed by atoms with Crippen molar-refractivity contribution in [3.05, 3.63) is 89.7 Å². The van der Waals surface area contributed by atoms with Gasteiger partial charge in [-0.25, -0.2) is 4.98 Å². The third-order valence-corrected chi connectivity index (χ3v) is 6.22. The number of carbonyl (C=O) groups excluding carboxylic acids is 1. The number of piperazine rings is 1. The van der Waals surface area contributed by atoms with Gasteiger partial charge < -0.3 is 19.7 Å². The summed E-state index contributed by atoms with van der Waals surface area (Å²) in [6, 6.07) is 17.3. The zero-order chi connectivity index (χ0) is 24.2. The third kappa shape index (κ3) is 4.97. The van der Waals surface area contributed by atoms with Crippen molar-refractivity contribution in [1.29, 1.82) is 0 Å². The number of halogens is 1. The lowest BCUT2D eigenvalue weighted by molar-refractivity contribution is 0.0746. The van der Waals surface area contributed by atoms with E-state index in [0.717, 1.165) is 11.2 Å². The van der Waals surface area contributed by atoms with Crippen LogP contribution in [0.2, 0.25) is 5.02 Å². The van der Waals surface area contributed by atoms with E-state index in [4.69, 9.17) is 21.6 Å². The van der Waals surface area contributed by atoms with Crippen LogP contribution in [0.3, 0.4) is 0 Å². The van der Waals surface area contributed by atoms with Crippen molar-refractivity contribution >= 4 is 40.4 Å². The molecule has 0 unspecified atom stereocenters. The predicted molar refractivity (Wildman–Crippen MR) is 139 cm³/mol. The first-order chi connectivity index (χ1) is 17.1. The smallest absolute Gasteiger partial charge is 0.254 e. The number of nitrogens with one attached hydrogen (secondary N) is 1. The van der Waals surface area contributed by atoms with Gasteiger partial charge in [0.2, 0.25) is 5.95 Å². The first-order valence-electron chi connectivity index (χ1n) is 11.5.